The first-order chi connectivity index (χ1) is 8.01. The molecule has 0 aliphatic rings. The fourth-order valence-corrected chi connectivity index (χ4v) is 1.42. The molecule has 1 aromatic rings. The van der Waals surface area contributed by atoms with Gasteiger partial charge >= 0.3 is 5.97 Å². The summed E-state index contributed by atoms with van der Waals surface area (Å²) in [5, 5.41) is 18.3. The highest BCUT2D eigenvalue weighted by Crippen LogP contribution is 2.30. The van der Waals surface area contributed by atoms with E-state index in [1.165, 1.54) is 13.2 Å². The maximum Gasteiger partial charge on any atom is 0.307 e. The zero-order valence-electron chi connectivity index (χ0n) is 9.51. The lowest BCUT2D eigenvalue weighted by Gasteiger charge is -2.14. The number of halogens is 2. The van der Waals surface area contributed by atoms with Crippen LogP contribution in [0.2, 0.25) is 0 Å². The Morgan fingerprint density at radius 1 is 1.67 bits per heavy atom. The molecule has 5 nitrogen and oxygen atoms in total. The highest BCUT2D eigenvalue weighted by atomic mass is 35.5. The molecule has 98 valence electrons. The van der Waals surface area contributed by atoms with E-state index in [1.807, 2.05) is 0 Å². The maximum absolute atomic E-state index is 13.1. The number of hydrogen-bond acceptors (Lipinski definition) is 5. The van der Waals surface area contributed by atoms with Crippen molar-refractivity contribution in [2.45, 2.75) is 12.5 Å². The van der Waals surface area contributed by atoms with Gasteiger partial charge < -0.3 is 15.6 Å². The van der Waals surface area contributed by atoms with Crippen LogP contribution in [0.1, 0.15) is 23.6 Å². The van der Waals surface area contributed by atoms with Crippen LogP contribution >= 0.6 is 12.4 Å². The number of rotatable bonds is 3. The molecule has 0 saturated heterocycles. The van der Waals surface area contributed by atoms with Crippen LogP contribution < -0.4 is 5.73 Å². The van der Waals surface area contributed by atoms with Crippen LogP contribution in [0, 0.1) is 17.1 Å². The van der Waals surface area contributed by atoms with Gasteiger partial charge in [-0.05, 0) is 12.1 Å². The van der Waals surface area contributed by atoms with Crippen molar-refractivity contribution in [3.05, 3.63) is 29.1 Å². The van der Waals surface area contributed by atoms with Crippen molar-refractivity contribution in [2.24, 2.45) is 5.73 Å². The first kappa shape index (κ1) is 16.2. The van der Waals surface area contributed by atoms with E-state index >= 15 is 0 Å². The molecule has 0 fully saturated rings. The van der Waals surface area contributed by atoms with Crippen molar-refractivity contribution in [3.63, 3.8) is 0 Å². The highest BCUT2D eigenvalue weighted by molar-refractivity contribution is 5.85. The summed E-state index contributed by atoms with van der Waals surface area (Å²) in [5.74, 6) is -2.20. The van der Waals surface area contributed by atoms with Crippen LogP contribution in [0.5, 0.6) is 5.75 Å². The molecule has 0 radical (unpaired) electrons. The first-order valence-corrected chi connectivity index (χ1v) is 4.75. The Morgan fingerprint density at radius 2 is 2.28 bits per heavy atom. The van der Waals surface area contributed by atoms with Crippen LogP contribution in [0.3, 0.4) is 0 Å². The predicted molar refractivity (Wildman–Crippen MR) is 63.6 cm³/mol. The number of benzene rings is 1. The Morgan fingerprint density at radius 3 is 2.78 bits per heavy atom. The van der Waals surface area contributed by atoms with E-state index in [0.29, 0.717) is 0 Å². The summed E-state index contributed by atoms with van der Waals surface area (Å²) in [4.78, 5) is 11.0. The van der Waals surface area contributed by atoms with Crippen molar-refractivity contribution in [1.29, 1.82) is 5.26 Å². The van der Waals surface area contributed by atoms with Gasteiger partial charge in [-0.1, -0.05) is 0 Å². The second-order valence-corrected chi connectivity index (χ2v) is 3.36. The minimum atomic E-state index is -0.993. The van der Waals surface area contributed by atoms with Crippen LogP contribution in [0.4, 0.5) is 4.39 Å². The molecule has 0 aliphatic carbocycles. The van der Waals surface area contributed by atoms with Crippen LogP contribution in [-0.4, -0.2) is 18.2 Å². The normalized spacial score (nSPS) is 11.0. The average Bonchev–Trinajstić information content (AvgIpc) is 2.31. The molecule has 0 saturated carbocycles. The average molecular weight is 275 g/mol. The van der Waals surface area contributed by atoms with E-state index in [9.17, 15) is 14.3 Å². The maximum atomic E-state index is 13.1. The third-order valence-corrected chi connectivity index (χ3v) is 2.27. The Bertz CT molecular complexity index is 488. The second-order valence-electron chi connectivity index (χ2n) is 3.36. The summed E-state index contributed by atoms with van der Waals surface area (Å²) < 4.78 is 17.6. The largest absolute Gasteiger partial charge is 0.505 e. The second kappa shape index (κ2) is 6.79. The Labute approximate surface area is 109 Å². The van der Waals surface area contributed by atoms with Gasteiger partial charge in [-0.2, -0.15) is 5.26 Å². The lowest BCUT2D eigenvalue weighted by Crippen LogP contribution is -2.18. The van der Waals surface area contributed by atoms with Crippen LogP contribution in [0.15, 0.2) is 12.1 Å². The molecule has 0 amide bonds. The monoisotopic (exact) mass is 274 g/mol. The fraction of sp³-hybridized carbons (Fsp3) is 0.273. The number of nitrogens with two attached hydrogens (primary N) is 1. The van der Waals surface area contributed by atoms with Crippen molar-refractivity contribution >= 4 is 18.4 Å². The van der Waals surface area contributed by atoms with Gasteiger partial charge in [0.1, 0.15) is 0 Å². The van der Waals surface area contributed by atoms with Crippen LogP contribution in [-0.2, 0) is 9.53 Å². The molecule has 0 aromatic heterocycles. The van der Waals surface area contributed by atoms with Gasteiger partial charge in [0.05, 0.1) is 25.2 Å². The molecule has 1 aromatic carbocycles. The third-order valence-electron chi connectivity index (χ3n) is 2.27. The summed E-state index contributed by atoms with van der Waals surface area (Å²) in [6.45, 7) is 0. The van der Waals surface area contributed by atoms with Gasteiger partial charge in [-0.3, -0.25) is 4.79 Å². The number of methoxy groups -OCH3 is 1. The molecule has 1 atom stereocenters. The van der Waals surface area contributed by atoms with E-state index in [4.69, 9.17) is 11.0 Å². The van der Waals surface area contributed by atoms with Gasteiger partial charge in [0.25, 0.3) is 0 Å². The molecule has 0 unspecified atom stereocenters. The molecule has 0 heterocycles. The van der Waals surface area contributed by atoms with E-state index in [-0.39, 0.29) is 30.0 Å². The number of ether oxygens (including phenoxy) is 1. The van der Waals surface area contributed by atoms with Crippen molar-refractivity contribution in [2.75, 3.05) is 7.11 Å². The number of hydrogen-bond donors (Lipinski definition) is 2. The first-order valence-electron chi connectivity index (χ1n) is 4.75. The minimum absolute atomic E-state index is 0. The standard InChI is InChI=1S/C11H11FN2O3.ClH/c1-17-9(15)4-8(14)10-6(5-13)2-3-7(12)11(10)16;/h2-3,8,16H,4,14H2,1H3;1H/t8-;/m1./s1. The summed E-state index contributed by atoms with van der Waals surface area (Å²) in [7, 11) is 1.19. The van der Waals surface area contributed by atoms with Crippen molar-refractivity contribution in [1.82, 2.24) is 0 Å². The van der Waals surface area contributed by atoms with Crippen molar-refractivity contribution < 1.29 is 19.0 Å². The molecule has 0 aliphatic heterocycles. The summed E-state index contributed by atoms with van der Waals surface area (Å²) in [6.07, 6.45) is -0.248. The number of nitrogens with zero attached hydrogens (tertiary/aromatic N) is 1. The van der Waals surface area contributed by atoms with E-state index < -0.39 is 23.6 Å². The molecular formula is C11H12ClFN2O3. The molecule has 7 heteroatoms. The minimum Gasteiger partial charge on any atom is -0.505 e. The van der Waals surface area contributed by atoms with Gasteiger partial charge in [0.15, 0.2) is 11.6 Å². The van der Waals surface area contributed by atoms with E-state index in [2.05, 4.69) is 4.74 Å². The highest BCUT2D eigenvalue weighted by Gasteiger charge is 2.21. The number of aromatic hydroxyl groups is 1. The Hall–Kier alpha value is -1.84. The number of carbonyl (C=O) groups excluding carboxylic acids is 1. The number of phenolic OH excluding ortho intramolecular Hbond substituents is 1. The lowest BCUT2D eigenvalue weighted by atomic mass is 9.98. The topological polar surface area (TPSA) is 96.3 Å². The van der Waals surface area contributed by atoms with E-state index in [0.717, 1.165) is 6.07 Å². The zero-order valence-corrected chi connectivity index (χ0v) is 10.3. The fourth-order valence-electron chi connectivity index (χ4n) is 1.42. The van der Waals surface area contributed by atoms with E-state index in [1.54, 1.807) is 6.07 Å². The molecule has 3 N–H and O–H groups in total. The van der Waals surface area contributed by atoms with Gasteiger partial charge in [0, 0.05) is 11.6 Å². The van der Waals surface area contributed by atoms with Crippen LogP contribution in [0.25, 0.3) is 0 Å². The smallest absolute Gasteiger partial charge is 0.307 e. The predicted octanol–water partition coefficient (Wildman–Crippen LogP) is 1.39. The van der Waals surface area contributed by atoms with Gasteiger partial charge in [-0.25, -0.2) is 4.39 Å². The number of carbonyl (C=O) groups is 1. The Balaban J connectivity index is 0.00000289. The van der Waals surface area contributed by atoms with Crippen molar-refractivity contribution in [3.8, 4) is 11.8 Å². The number of phenols is 1. The quantitative estimate of drug-likeness (QED) is 0.812. The molecule has 18 heavy (non-hydrogen) atoms. The molecule has 0 spiro atoms. The lowest BCUT2D eigenvalue weighted by molar-refractivity contribution is -0.141. The van der Waals surface area contributed by atoms with Gasteiger partial charge in [-0.15, -0.1) is 12.4 Å². The third kappa shape index (κ3) is 3.32. The molecular weight excluding hydrogens is 263 g/mol. The summed E-state index contributed by atoms with van der Waals surface area (Å²) in [6, 6.07) is 2.94. The SMILES string of the molecule is COC(=O)C[C@@H](N)c1c(C#N)ccc(F)c1O.Cl. The van der Waals surface area contributed by atoms with Gasteiger partial charge in [0.2, 0.25) is 0 Å². The number of esters is 1. The summed E-state index contributed by atoms with van der Waals surface area (Å²) in [5.41, 5.74) is 5.58. The molecule has 0 bridgehead atoms. The molecule has 1 rings (SSSR count). The Kier molecular flexibility index (Phi) is 6.09. The number of nitriles is 1. The zero-order chi connectivity index (χ0) is 13.0. The summed E-state index contributed by atoms with van der Waals surface area (Å²) >= 11 is 0.